The van der Waals surface area contributed by atoms with Gasteiger partial charge in [-0.1, -0.05) is 0 Å². The topological polar surface area (TPSA) is 84.4 Å². The molecule has 2 atom stereocenters. The van der Waals surface area contributed by atoms with Crippen molar-refractivity contribution in [3.63, 3.8) is 0 Å². The molecule has 0 spiro atoms. The lowest BCUT2D eigenvalue weighted by Gasteiger charge is -2.21. The zero-order valence-corrected chi connectivity index (χ0v) is 14.9. The lowest BCUT2D eigenvalue weighted by molar-refractivity contribution is 0.187. The van der Waals surface area contributed by atoms with E-state index in [1.54, 1.807) is 25.4 Å². The van der Waals surface area contributed by atoms with Crippen LogP contribution in [0.5, 0.6) is 0 Å². The minimum Gasteiger partial charge on any atom is -0.379 e. The molecule has 1 saturated heterocycles. The van der Waals surface area contributed by atoms with E-state index in [0.717, 1.165) is 16.0 Å². The highest BCUT2D eigenvalue weighted by molar-refractivity contribution is 7.89. The van der Waals surface area contributed by atoms with Gasteiger partial charge in [-0.2, -0.15) is 0 Å². The molecule has 1 fully saturated rings. The summed E-state index contributed by atoms with van der Waals surface area (Å²) in [6.45, 7) is 2.76. The van der Waals surface area contributed by atoms with Gasteiger partial charge in [0, 0.05) is 20.0 Å². The Bertz CT molecular complexity index is 803. The number of thiophene rings is 1. The molecule has 2 aromatic heterocycles. The van der Waals surface area contributed by atoms with Crippen molar-refractivity contribution >= 4 is 37.4 Å². The van der Waals surface area contributed by atoms with Gasteiger partial charge in [-0.3, -0.25) is 0 Å². The quantitative estimate of drug-likeness (QED) is 0.870. The van der Waals surface area contributed by atoms with Crippen molar-refractivity contribution in [2.75, 3.05) is 38.4 Å². The SMILES string of the molecule is Cc1nc(N[C@H]2COC[C@H]2CS(=O)(=O)N(C)C)c2ccsc2n1. The van der Waals surface area contributed by atoms with Gasteiger partial charge in [-0.05, 0) is 18.4 Å². The zero-order chi connectivity index (χ0) is 16.6. The summed E-state index contributed by atoms with van der Waals surface area (Å²) in [5, 5.41) is 6.31. The lowest BCUT2D eigenvalue weighted by Crippen LogP contribution is -2.37. The molecule has 3 heterocycles. The Hall–Kier alpha value is -1.29. The third-order valence-corrected chi connectivity index (χ3v) is 6.71. The maximum absolute atomic E-state index is 12.1. The predicted octanol–water partition coefficient (Wildman–Crippen LogP) is 1.32. The molecule has 1 aliphatic rings. The molecule has 9 heteroatoms. The van der Waals surface area contributed by atoms with Crippen LogP contribution in [0.1, 0.15) is 5.82 Å². The molecule has 3 rings (SSSR count). The molecule has 0 aliphatic carbocycles. The minimum atomic E-state index is -3.26. The third kappa shape index (κ3) is 3.47. The predicted molar refractivity (Wildman–Crippen MR) is 91.3 cm³/mol. The van der Waals surface area contributed by atoms with Crippen LogP contribution in [0.2, 0.25) is 0 Å². The lowest BCUT2D eigenvalue weighted by atomic mass is 10.1. The van der Waals surface area contributed by atoms with Gasteiger partial charge in [-0.15, -0.1) is 11.3 Å². The summed E-state index contributed by atoms with van der Waals surface area (Å²) in [5.74, 6) is 1.40. The Kier molecular flexibility index (Phi) is 4.54. The highest BCUT2D eigenvalue weighted by atomic mass is 32.2. The van der Waals surface area contributed by atoms with Crippen molar-refractivity contribution in [1.29, 1.82) is 0 Å². The first-order valence-corrected chi connectivity index (χ1v) is 9.82. The van der Waals surface area contributed by atoms with Gasteiger partial charge in [0.2, 0.25) is 10.0 Å². The first kappa shape index (κ1) is 16.6. The molecule has 23 heavy (non-hydrogen) atoms. The molecule has 126 valence electrons. The van der Waals surface area contributed by atoms with Gasteiger partial charge in [0.25, 0.3) is 0 Å². The van der Waals surface area contributed by atoms with Gasteiger partial charge in [-0.25, -0.2) is 22.7 Å². The molecule has 1 N–H and O–H groups in total. The van der Waals surface area contributed by atoms with Crippen LogP contribution in [0.3, 0.4) is 0 Å². The van der Waals surface area contributed by atoms with Crippen molar-refractivity contribution < 1.29 is 13.2 Å². The van der Waals surface area contributed by atoms with Crippen molar-refractivity contribution in [3.05, 3.63) is 17.3 Å². The highest BCUT2D eigenvalue weighted by Gasteiger charge is 2.33. The number of anilines is 1. The zero-order valence-electron chi connectivity index (χ0n) is 13.3. The van der Waals surface area contributed by atoms with E-state index < -0.39 is 10.0 Å². The molecular formula is C14H20N4O3S2. The molecule has 2 aromatic rings. The number of nitrogens with zero attached hydrogens (tertiary/aromatic N) is 3. The molecule has 0 radical (unpaired) electrons. The van der Waals surface area contributed by atoms with Crippen LogP contribution in [0.4, 0.5) is 5.82 Å². The average molecular weight is 356 g/mol. The first-order valence-electron chi connectivity index (χ1n) is 7.33. The third-order valence-electron chi connectivity index (χ3n) is 3.94. The van der Waals surface area contributed by atoms with Crippen LogP contribution in [0.15, 0.2) is 11.4 Å². The number of hydrogen-bond acceptors (Lipinski definition) is 7. The molecule has 0 saturated carbocycles. The Morgan fingerprint density at radius 2 is 2.17 bits per heavy atom. The van der Waals surface area contributed by atoms with E-state index in [1.165, 1.54) is 4.31 Å². The second kappa shape index (κ2) is 6.31. The fraction of sp³-hybridized carbons (Fsp3) is 0.571. The van der Waals surface area contributed by atoms with E-state index in [-0.39, 0.29) is 17.7 Å². The summed E-state index contributed by atoms with van der Waals surface area (Å²) in [6.07, 6.45) is 0. The summed E-state index contributed by atoms with van der Waals surface area (Å²) in [6, 6.07) is 1.89. The van der Waals surface area contributed by atoms with E-state index in [2.05, 4.69) is 15.3 Å². The summed E-state index contributed by atoms with van der Waals surface area (Å²) < 4.78 is 31.0. The van der Waals surface area contributed by atoms with Gasteiger partial charge in [0.15, 0.2) is 0 Å². The number of hydrogen-bond donors (Lipinski definition) is 1. The smallest absolute Gasteiger partial charge is 0.214 e. The summed E-state index contributed by atoms with van der Waals surface area (Å²) in [7, 11) is -0.160. The Labute approximate surface area is 139 Å². The average Bonchev–Trinajstić information content (AvgIpc) is 3.08. The fourth-order valence-electron chi connectivity index (χ4n) is 2.59. The minimum absolute atomic E-state index is 0.0640. The number of aryl methyl sites for hydroxylation is 1. The highest BCUT2D eigenvalue weighted by Crippen LogP contribution is 2.28. The van der Waals surface area contributed by atoms with Crippen LogP contribution >= 0.6 is 11.3 Å². The number of sulfonamides is 1. The van der Waals surface area contributed by atoms with Crippen LogP contribution in [-0.2, 0) is 14.8 Å². The number of ether oxygens (including phenoxy) is 1. The van der Waals surface area contributed by atoms with Crippen molar-refractivity contribution in [3.8, 4) is 0 Å². The summed E-state index contributed by atoms with van der Waals surface area (Å²) in [5.41, 5.74) is 0. The largest absolute Gasteiger partial charge is 0.379 e. The molecule has 0 aromatic carbocycles. The van der Waals surface area contributed by atoms with Gasteiger partial charge in [0.1, 0.15) is 16.5 Å². The molecule has 0 bridgehead atoms. The normalized spacial score (nSPS) is 22.1. The van der Waals surface area contributed by atoms with Crippen LogP contribution < -0.4 is 5.32 Å². The summed E-state index contributed by atoms with van der Waals surface area (Å²) >= 11 is 1.56. The number of rotatable bonds is 5. The Morgan fingerprint density at radius 3 is 2.91 bits per heavy atom. The maximum Gasteiger partial charge on any atom is 0.214 e. The number of nitrogens with one attached hydrogen (secondary N) is 1. The monoisotopic (exact) mass is 356 g/mol. The Morgan fingerprint density at radius 1 is 1.39 bits per heavy atom. The maximum atomic E-state index is 12.1. The molecule has 1 aliphatic heterocycles. The number of aromatic nitrogens is 2. The molecular weight excluding hydrogens is 336 g/mol. The van der Waals surface area contributed by atoms with Crippen molar-refractivity contribution in [2.24, 2.45) is 5.92 Å². The van der Waals surface area contributed by atoms with Crippen LogP contribution in [0, 0.1) is 12.8 Å². The van der Waals surface area contributed by atoms with E-state index >= 15 is 0 Å². The van der Waals surface area contributed by atoms with E-state index in [4.69, 9.17) is 4.74 Å². The van der Waals surface area contributed by atoms with Gasteiger partial charge < -0.3 is 10.1 Å². The fourth-order valence-corrected chi connectivity index (χ4v) is 4.57. The van der Waals surface area contributed by atoms with Crippen LogP contribution in [-0.4, -0.2) is 61.8 Å². The Balaban J connectivity index is 1.82. The van der Waals surface area contributed by atoms with E-state index in [1.807, 2.05) is 18.4 Å². The van der Waals surface area contributed by atoms with Gasteiger partial charge >= 0.3 is 0 Å². The van der Waals surface area contributed by atoms with Crippen molar-refractivity contribution in [1.82, 2.24) is 14.3 Å². The molecule has 0 amide bonds. The second-order valence-corrected chi connectivity index (χ2v) is 8.99. The van der Waals surface area contributed by atoms with Crippen molar-refractivity contribution in [2.45, 2.75) is 13.0 Å². The van der Waals surface area contributed by atoms with E-state index in [0.29, 0.717) is 19.0 Å². The van der Waals surface area contributed by atoms with Crippen LogP contribution in [0.25, 0.3) is 10.2 Å². The molecule has 7 nitrogen and oxygen atoms in total. The summed E-state index contributed by atoms with van der Waals surface area (Å²) in [4.78, 5) is 9.81. The molecule has 0 unspecified atom stereocenters. The number of fused-ring (bicyclic) bond motifs is 1. The van der Waals surface area contributed by atoms with E-state index in [9.17, 15) is 8.42 Å². The standard InChI is InChI=1S/C14H20N4O3S2/c1-9-15-13(11-4-5-22-14(11)16-9)17-12-7-21-6-10(12)8-23(19,20)18(2)3/h4-5,10,12H,6-8H2,1-3H3,(H,15,16,17)/t10-,12-/m0/s1. The first-order chi connectivity index (χ1) is 10.9. The second-order valence-electron chi connectivity index (χ2n) is 5.87. The van der Waals surface area contributed by atoms with Gasteiger partial charge in [0.05, 0.1) is 30.4 Å².